The summed E-state index contributed by atoms with van der Waals surface area (Å²) in [6.45, 7) is -0.306. The number of para-hydroxylation sites is 1. The first-order valence-corrected chi connectivity index (χ1v) is 10.4. The number of amides is 1. The minimum atomic E-state index is -0.413. The van der Waals surface area contributed by atoms with Crippen LogP contribution in [0.1, 0.15) is 11.4 Å². The van der Waals surface area contributed by atoms with Crippen molar-refractivity contribution in [1.29, 1.82) is 0 Å². The molecular formula is C24H20N2O3S. The van der Waals surface area contributed by atoms with Crippen LogP contribution in [0, 0.1) is 0 Å². The van der Waals surface area contributed by atoms with Crippen LogP contribution in [-0.4, -0.2) is 23.5 Å². The summed E-state index contributed by atoms with van der Waals surface area (Å²) in [5.74, 6) is -0.778. The number of esters is 1. The van der Waals surface area contributed by atoms with Gasteiger partial charge >= 0.3 is 5.97 Å². The van der Waals surface area contributed by atoms with Gasteiger partial charge in [0.05, 0.1) is 21.6 Å². The Kier molecular flexibility index (Phi) is 6.15. The lowest BCUT2D eigenvalue weighted by molar-refractivity contribution is -0.147. The average Bonchev–Trinajstić information content (AvgIpc) is 3.20. The highest BCUT2D eigenvalue weighted by Crippen LogP contribution is 2.23. The summed E-state index contributed by atoms with van der Waals surface area (Å²) in [5, 5.41) is 3.63. The fourth-order valence-electron chi connectivity index (χ4n) is 3.03. The molecule has 1 heterocycles. The van der Waals surface area contributed by atoms with Gasteiger partial charge in [-0.25, -0.2) is 4.98 Å². The average molecular weight is 417 g/mol. The first-order valence-electron chi connectivity index (χ1n) is 9.63. The van der Waals surface area contributed by atoms with Crippen molar-refractivity contribution in [3.8, 4) is 11.1 Å². The number of anilines is 1. The number of carbonyl (C=O) groups is 2. The zero-order valence-corrected chi connectivity index (χ0v) is 17.0. The first-order chi connectivity index (χ1) is 14.7. The summed E-state index contributed by atoms with van der Waals surface area (Å²) in [4.78, 5) is 28.5. The first kappa shape index (κ1) is 19.8. The number of nitrogens with zero attached hydrogens (tertiary/aromatic N) is 1. The van der Waals surface area contributed by atoms with E-state index in [1.54, 1.807) is 11.3 Å². The molecule has 3 aromatic carbocycles. The van der Waals surface area contributed by atoms with Crippen molar-refractivity contribution < 1.29 is 14.3 Å². The van der Waals surface area contributed by atoms with Gasteiger partial charge in [-0.1, -0.05) is 54.6 Å². The molecule has 1 amide bonds. The van der Waals surface area contributed by atoms with E-state index in [-0.39, 0.29) is 18.9 Å². The predicted octanol–water partition coefficient (Wildman–Crippen LogP) is 5.08. The van der Waals surface area contributed by atoms with Gasteiger partial charge in [0.15, 0.2) is 6.61 Å². The van der Waals surface area contributed by atoms with Crippen molar-refractivity contribution in [2.75, 3.05) is 11.9 Å². The second-order valence-electron chi connectivity index (χ2n) is 6.73. The molecule has 0 atom stereocenters. The summed E-state index contributed by atoms with van der Waals surface area (Å²) in [6.07, 6.45) is 0.694. The van der Waals surface area contributed by atoms with Gasteiger partial charge in [0.1, 0.15) is 0 Å². The number of carbonyl (C=O) groups excluding carboxylic acids is 2. The van der Waals surface area contributed by atoms with E-state index in [4.69, 9.17) is 4.74 Å². The van der Waals surface area contributed by atoms with Crippen molar-refractivity contribution >= 4 is 39.1 Å². The molecule has 0 bridgehead atoms. The lowest BCUT2D eigenvalue weighted by Gasteiger charge is -2.07. The van der Waals surface area contributed by atoms with Crippen molar-refractivity contribution in [3.05, 3.63) is 83.9 Å². The topological polar surface area (TPSA) is 68.3 Å². The van der Waals surface area contributed by atoms with Gasteiger partial charge in [0.25, 0.3) is 5.91 Å². The maximum Gasteiger partial charge on any atom is 0.306 e. The molecule has 6 heteroatoms. The molecule has 0 saturated heterocycles. The van der Waals surface area contributed by atoms with Crippen LogP contribution in [-0.2, 0) is 20.7 Å². The third-order valence-corrected chi connectivity index (χ3v) is 5.62. The smallest absolute Gasteiger partial charge is 0.306 e. The largest absolute Gasteiger partial charge is 0.456 e. The molecule has 30 heavy (non-hydrogen) atoms. The standard InChI is InChI=1S/C24H20N2O3S/c27-22(25-19-12-10-18(11-13-19)17-6-2-1-3-7-17)16-29-24(28)15-14-23-26-20-8-4-5-9-21(20)30-23/h1-13H,14-16H2,(H,25,27). The van der Waals surface area contributed by atoms with Crippen LogP contribution >= 0.6 is 11.3 Å². The Morgan fingerprint density at radius 1 is 0.867 bits per heavy atom. The Morgan fingerprint density at radius 2 is 1.57 bits per heavy atom. The molecule has 1 N–H and O–H groups in total. The Hall–Kier alpha value is -3.51. The molecule has 150 valence electrons. The summed E-state index contributed by atoms with van der Waals surface area (Å²) in [7, 11) is 0. The number of benzene rings is 3. The Bertz CT molecular complexity index is 1120. The van der Waals surface area contributed by atoms with E-state index in [1.165, 1.54) is 0 Å². The summed E-state index contributed by atoms with van der Waals surface area (Å²) in [6, 6.07) is 25.4. The fourth-order valence-corrected chi connectivity index (χ4v) is 3.99. The molecule has 1 aromatic heterocycles. The minimum absolute atomic E-state index is 0.193. The number of ether oxygens (including phenoxy) is 1. The van der Waals surface area contributed by atoms with Crippen molar-refractivity contribution in [2.24, 2.45) is 0 Å². The second kappa shape index (κ2) is 9.33. The molecule has 0 aliphatic carbocycles. The minimum Gasteiger partial charge on any atom is -0.456 e. The van der Waals surface area contributed by atoms with E-state index in [1.807, 2.05) is 78.9 Å². The monoisotopic (exact) mass is 416 g/mol. The molecule has 0 spiro atoms. The molecule has 0 unspecified atom stereocenters. The van der Waals surface area contributed by atoms with Crippen LogP contribution < -0.4 is 5.32 Å². The number of hydrogen-bond acceptors (Lipinski definition) is 5. The van der Waals surface area contributed by atoms with Gasteiger partial charge in [0.2, 0.25) is 0 Å². The van der Waals surface area contributed by atoms with Gasteiger partial charge < -0.3 is 10.1 Å². The van der Waals surface area contributed by atoms with Crippen molar-refractivity contribution in [1.82, 2.24) is 4.98 Å². The highest BCUT2D eigenvalue weighted by molar-refractivity contribution is 7.18. The molecule has 0 radical (unpaired) electrons. The van der Waals surface area contributed by atoms with Gasteiger partial charge in [-0.15, -0.1) is 11.3 Å². The highest BCUT2D eigenvalue weighted by atomic mass is 32.1. The SMILES string of the molecule is O=C(COC(=O)CCc1nc2ccccc2s1)Nc1ccc(-c2ccccc2)cc1. The van der Waals surface area contributed by atoms with Crippen LogP contribution in [0.2, 0.25) is 0 Å². The number of fused-ring (bicyclic) bond motifs is 1. The molecule has 5 nitrogen and oxygen atoms in total. The number of thiazole rings is 1. The zero-order chi connectivity index (χ0) is 20.8. The van der Waals surface area contributed by atoms with Crippen LogP contribution in [0.3, 0.4) is 0 Å². The molecular weight excluding hydrogens is 396 g/mol. The molecule has 0 aliphatic rings. The van der Waals surface area contributed by atoms with E-state index >= 15 is 0 Å². The van der Waals surface area contributed by atoms with Crippen LogP contribution in [0.5, 0.6) is 0 Å². The zero-order valence-electron chi connectivity index (χ0n) is 16.2. The third-order valence-electron chi connectivity index (χ3n) is 4.52. The van der Waals surface area contributed by atoms with Gasteiger partial charge in [-0.3, -0.25) is 9.59 Å². The Labute approximate surface area is 178 Å². The van der Waals surface area contributed by atoms with E-state index in [9.17, 15) is 9.59 Å². The number of aryl methyl sites for hydroxylation is 1. The maximum absolute atomic E-state index is 12.1. The number of aromatic nitrogens is 1. The van der Waals surface area contributed by atoms with Crippen molar-refractivity contribution in [3.63, 3.8) is 0 Å². The predicted molar refractivity (Wildman–Crippen MR) is 119 cm³/mol. The molecule has 4 rings (SSSR count). The van der Waals surface area contributed by atoms with Crippen LogP contribution in [0.15, 0.2) is 78.9 Å². The van der Waals surface area contributed by atoms with Crippen LogP contribution in [0.4, 0.5) is 5.69 Å². The molecule has 0 saturated carbocycles. The van der Waals surface area contributed by atoms with Gasteiger partial charge in [-0.05, 0) is 35.4 Å². The third kappa shape index (κ3) is 5.10. The summed E-state index contributed by atoms with van der Waals surface area (Å²) in [5.41, 5.74) is 3.76. The van der Waals surface area contributed by atoms with E-state index < -0.39 is 5.97 Å². The second-order valence-corrected chi connectivity index (χ2v) is 7.84. The lowest BCUT2D eigenvalue weighted by atomic mass is 10.1. The molecule has 0 aliphatic heterocycles. The molecule has 0 fully saturated rings. The van der Waals surface area contributed by atoms with E-state index in [0.717, 1.165) is 26.4 Å². The maximum atomic E-state index is 12.1. The van der Waals surface area contributed by atoms with E-state index in [2.05, 4.69) is 10.3 Å². The normalized spacial score (nSPS) is 10.7. The molecule has 4 aromatic rings. The Balaban J connectivity index is 1.22. The Morgan fingerprint density at radius 3 is 2.33 bits per heavy atom. The highest BCUT2D eigenvalue weighted by Gasteiger charge is 2.10. The van der Waals surface area contributed by atoms with E-state index in [0.29, 0.717) is 12.1 Å². The summed E-state index contributed by atoms with van der Waals surface area (Å²) >= 11 is 1.57. The fraction of sp³-hybridized carbons (Fsp3) is 0.125. The van der Waals surface area contributed by atoms with Crippen LogP contribution in [0.25, 0.3) is 21.3 Å². The number of hydrogen-bond donors (Lipinski definition) is 1. The quantitative estimate of drug-likeness (QED) is 0.427. The lowest BCUT2D eigenvalue weighted by Crippen LogP contribution is -2.21. The number of nitrogens with one attached hydrogen (secondary N) is 1. The summed E-state index contributed by atoms with van der Waals surface area (Å²) < 4.78 is 6.19. The van der Waals surface area contributed by atoms with Gasteiger partial charge in [-0.2, -0.15) is 0 Å². The van der Waals surface area contributed by atoms with Gasteiger partial charge in [0, 0.05) is 12.1 Å². The van der Waals surface area contributed by atoms with Crippen molar-refractivity contribution in [2.45, 2.75) is 12.8 Å². The number of rotatable bonds is 7.